The van der Waals surface area contributed by atoms with Gasteiger partial charge in [0.2, 0.25) is 0 Å². The van der Waals surface area contributed by atoms with Crippen LogP contribution in [-0.4, -0.2) is 61.1 Å². The van der Waals surface area contributed by atoms with Gasteiger partial charge in [0.25, 0.3) is 5.91 Å². The van der Waals surface area contributed by atoms with E-state index in [4.69, 9.17) is 4.74 Å². The number of hydrogen-bond acceptors (Lipinski definition) is 3. The van der Waals surface area contributed by atoms with Crippen LogP contribution in [0.1, 0.15) is 36.0 Å². The van der Waals surface area contributed by atoms with Gasteiger partial charge < -0.3 is 9.64 Å². The molecular weight excluding hydrogens is 314 g/mol. The molecule has 0 bridgehead atoms. The zero-order valence-corrected chi connectivity index (χ0v) is 13.8. The molecule has 24 heavy (non-hydrogen) atoms. The summed E-state index contributed by atoms with van der Waals surface area (Å²) in [6, 6.07) is 3.57. The number of benzene rings is 1. The summed E-state index contributed by atoms with van der Waals surface area (Å²) in [4.78, 5) is 16.9. The van der Waals surface area contributed by atoms with E-state index in [1.807, 2.05) is 4.90 Å². The van der Waals surface area contributed by atoms with Crippen molar-refractivity contribution in [2.24, 2.45) is 0 Å². The van der Waals surface area contributed by atoms with Crippen LogP contribution in [0.4, 0.5) is 8.78 Å². The van der Waals surface area contributed by atoms with E-state index in [9.17, 15) is 13.6 Å². The first-order valence-corrected chi connectivity index (χ1v) is 8.71. The number of rotatable bonds is 4. The fourth-order valence-electron chi connectivity index (χ4n) is 3.52. The summed E-state index contributed by atoms with van der Waals surface area (Å²) < 4.78 is 31.9. The SMILES string of the molecule is O=C(c1ccc(F)c(F)c1)N1CCCC[C@@H]1CCN1CCOCC1. The van der Waals surface area contributed by atoms with Crippen molar-refractivity contribution in [2.45, 2.75) is 31.7 Å². The van der Waals surface area contributed by atoms with E-state index in [2.05, 4.69) is 4.90 Å². The molecule has 1 amide bonds. The molecule has 0 unspecified atom stereocenters. The second-order valence-corrected chi connectivity index (χ2v) is 6.52. The van der Waals surface area contributed by atoms with Crippen LogP contribution in [0.5, 0.6) is 0 Å². The molecule has 2 fully saturated rings. The lowest BCUT2D eigenvalue weighted by atomic mass is 9.97. The molecular formula is C18H24F2N2O2. The van der Waals surface area contributed by atoms with Crippen LogP contribution in [0.2, 0.25) is 0 Å². The minimum absolute atomic E-state index is 0.169. The van der Waals surface area contributed by atoms with E-state index in [1.54, 1.807) is 0 Å². The van der Waals surface area contributed by atoms with Crippen LogP contribution in [0.3, 0.4) is 0 Å². The van der Waals surface area contributed by atoms with Crippen LogP contribution >= 0.6 is 0 Å². The maximum Gasteiger partial charge on any atom is 0.254 e. The van der Waals surface area contributed by atoms with E-state index < -0.39 is 11.6 Å². The summed E-state index contributed by atoms with van der Waals surface area (Å²) in [5.74, 6) is -2.09. The first-order chi connectivity index (χ1) is 11.6. The minimum Gasteiger partial charge on any atom is -0.379 e. The molecule has 2 saturated heterocycles. The lowest BCUT2D eigenvalue weighted by Crippen LogP contribution is -2.46. The Kier molecular flexibility index (Phi) is 5.79. The van der Waals surface area contributed by atoms with Gasteiger partial charge in [-0.1, -0.05) is 0 Å². The molecule has 4 nitrogen and oxygen atoms in total. The Balaban J connectivity index is 1.64. The summed E-state index contributed by atoms with van der Waals surface area (Å²) in [5.41, 5.74) is 0.229. The topological polar surface area (TPSA) is 32.8 Å². The van der Waals surface area contributed by atoms with Gasteiger partial charge >= 0.3 is 0 Å². The van der Waals surface area contributed by atoms with Crippen LogP contribution in [0.25, 0.3) is 0 Å². The van der Waals surface area contributed by atoms with Gasteiger partial charge in [0.1, 0.15) is 0 Å². The Hall–Kier alpha value is -1.53. The number of halogens is 2. The number of likely N-dealkylation sites (tertiary alicyclic amines) is 1. The largest absolute Gasteiger partial charge is 0.379 e. The predicted octanol–water partition coefficient (Wildman–Crippen LogP) is 2.68. The average Bonchev–Trinajstić information content (AvgIpc) is 2.63. The number of hydrogen-bond donors (Lipinski definition) is 0. The van der Waals surface area contributed by atoms with E-state index >= 15 is 0 Å². The van der Waals surface area contributed by atoms with Gasteiger partial charge in [-0.05, 0) is 43.9 Å². The first-order valence-electron chi connectivity index (χ1n) is 8.71. The second-order valence-electron chi connectivity index (χ2n) is 6.52. The summed E-state index contributed by atoms with van der Waals surface area (Å²) in [5, 5.41) is 0. The summed E-state index contributed by atoms with van der Waals surface area (Å²) in [6.07, 6.45) is 3.95. The number of morpholine rings is 1. The summed E-state index contributed by atoms with van der Waals surface area (Å²) in [6.45, 7) is 5.03. The molecule has 0 aliphatic carbocycles. The van der Waals surface area contributed by atoms with Crippen LogP contribution in [0.15, 0.2) is 18.2 Å². The zero-order valence-electron chi connectivity index (χ0n) is 13.8. The van der Waals surface area contributed by atoms with Gasteiger partial charge in [-0.15, -0.1) is 0 Å². The van der Waals surface area contributed by atoms with Gasteiger partial charge in [-0.25, -0.2) is 8.78 Å². The van der Waals surface area contributed by atoms with Crippen molar-refractivity contribution >= 4 is 5.91 Å². The van der Waals surface area contributed by atoms with Crippen molar-refractivity contribution in [3.8, 4) is 0 Å². The molecule has 6 heteroatoms. The molecule has 0 spiro atoms. The molecule has 0 N–H and O–H groups in total. The van der Waals surface area contributed by atoms with Gasteiger partial charge in [-0.2, -0.15) is 0 Å². The van der Waals surface area contributed by atoms with Crippen molar-refractivity contribution in [1.29, 1.82) is 0 Å². The molecule has 0 saturated carbocycles. The third-order valence-electron chi connectivity index (χ3n) is 4.94. The second kappa shape index (κ2) is 8.03. The number of amides is 1. The standard InChI is InChI=1S/C18H24F2N2O2/c19-16-5-4-14(13-17(16)20)18(23)22-7-2-1-3-15(22)6-8-21-9-11-24-12-10-21/h4-5,13,15H,1-3,6-12H2/t15-/m1/s1. The highest BCUT2D eigenvalue weighted by Gasteiger charge is 2.28. The Labute approximate surface area is 141 Å². The highest BCUT2D eigenvalue weighted by molar-refractivity contribution is 5.94. The molecule has 2 aliphatic heterocycles. The van der Waals surface area contributed by atoms with Crippen LogP contribution < -0.4 is 0 Å². The van der Waals surface area contributed by atoms with Crippen molar-refractivity contribution in [3.63, 3.8) is 0 Å². The van der Waals surface area contributed by atoms with Crippen molar-refractivity contribution in [3.05, 3.63) is 35.4 Å². The Morgan fingerprint density at radius 3 is 2.67 bits per heavy atom. The number of nitrogens with zero attached hydrogens (tertiary/aromatic N) is 2. The van der Waals surface area contributed by atoms with Gasteiger partial charge in [0.05, 0.1) is 13.2 Å². The molecule has 1 aromatic carbocycles. The van der Waals surface area contributed by atoms with Crippen molar-refractivity contribution in [2.75, 3.05) is 39.4 Å². The number of carbonyl (C=O) groups is 1. The number of ether oxygens (including phenoxy) is 1. The predicted molar refractivity (Wildman–Crippen MR) is 86.9 cm³/mol. The number of piperidine rings is 1. The summed E-state index contributed by atoms with van der Waals surface area (Å²) >= 11 is 0. The quantitative estimate of drug-likeness (QED) is 0.846. The first kappa shape index (κ1) is 17.3. The van der Waals surface area contributed by atoms with E-state index in [0.717, 1.165) is 70.7 Å². The molecule has 2 heterocycles. The maximum absolute atomic E-state index is 13.4. The molecule has 1 aromatic rings. The Morgan fingerprint density at radius 1 is 1.12 bits per heavy atom. The van der Waals surface area contributed by atoms with E-state index in [1.165, 1.54) is 6.07 Å². The van der Waals surface area contributed by atoms with E-state index in [0.29, 0.717) is 6.54 Å². The lowest BCUT2D eigenvalue weighted by Gasteiger charge is -2.37. The normalized spacial score (nSPS) is 22.6. The van der Waals surface area contributed by atoms with Crippen LogP contribution in [0, 0.1) is 11.6 Å². The van der Waals surface area contributed by atoms with Gasteiger partial charge in [0.15, 0.2) is 11.6 Å². The highest BCUT2D eigenvalue weighted by Crippen LogP contribution is 2.23. The monoisotopic (exact) mass is 338 g/mol. The fraction of sp³-hybridized carbons (Fsp3) is 0.611. The molecule has 3 rings (SSSR count). The minimum atomic E-state index is -0.970. The van der Waals surface area contributed by atoms with Gasteiger partial charge in [-0.3, -0.25) is 9.69 Å². The van der Waals surface area contributed by atoms with Crippen LogP contribution in [-0.2, 0) is 4.74 Å². The smallest absolute Gasteiger partial charge is 0.254 e. The molecule has 0 radical (unpaired) electrons. The summed E-state index contributed by atoms with van der Waals surface area (Å²) in [7, 11) is 0. The Bertz CT molecular complexity index is 576. The third-order valence-corrected chi connectivity index (χ3v) is 4.94. The molecule has 132 valence electrons. The van der Waals surface area contributed by atoms with Crippen molar-refractivity contribution < 1.29 is 18.3 Å². The lowest BCUT2D eigenvalue weighted by molar-refractivity contribution is 0.0295. The highest BCUT2D eigenvalue weighted by atomic mass is 19.2. The number of carbonyl (C=O) groups excluding carboxylic acids is 1. The Morgan fingerprint density at radius 2 is 1.92 bits per heavy atom. The fourth-order valence-corrected chi connectivity index (χ4v) is 3.52. The third kappa shape index (κ3) is 4.11. The average molecular weight is 338 g/mol. The zero-order chi connectivity index (χ0) is 16.9. The molecule has 2 aliphatic rings. The van der Waals surface area contributed by atoms with Gasteiger partial charge in [0, 0.05) is 37.8 Å². The molecule has 0 aromatic heterocycles. The molecule has 1 atom stereocenters. The van der Waals surface area contributed by atoms with E-state index in [-0.39, 0.29) is 17.5 Å². The maximum atomic E-state index is 13.4. The van der Waals surface area contributed by atoms with Crippen molar-refractivity contribution in [1.82, 2.24) is 9.80 Å².